The zero-order valence-electron chi connectivity index (χ0n) is 21.2. The fourth-order valence-corrected chi connectivity index (χ4v) is 3.39. The molecule has 3 aromatic rings. The molecule has 7 nitrogen and oxygen atoms in total. The zero-order chi connectivity index (χ0) is 25.8. The molecule has 0 aliphatic carbocycles. The van der Waals surface area contributed by atoms with E-state index in [1.54, 1.807) is 26.0 Å². The van der Waals surface area contributed by atoms with Gasteiger partial charge in [-0.2, -0.15) is 0 Å². The summed E-state index contributed by atoms with van der Waals surface area (Å²) in [6.07, 6.45) is 2.70. The number of hydrogen-bond acceptors (Lipinski definition) is 4. The Morgan fingerprint density at radius 2 is 1.42 bits per heavy atom. The average Bonchev–Trinajstić information content (AvgIpc) is 2.86. The third-order valence-electron chi connectivity index (χ3n) is 5.46. The summed E-state index contributed by atoms with van der Waals surface area (Å²) in [5.41, 5.74) is 1.56. The van der Waals surface area contributed by atoms with Gasteiger partial charge in [-0.15, -0.1) is 0 Å². The first kappa shape index (κ1) is 26.6. The standard InChI is InChI=1S/C29H35N3O4/c1-4-5-20-30-27(33)29(2,3)36-26-15-11-22(12-16-26)19-21-35-25-17-13-24(14-18-25)32-28(34)31-23-9-7-6-8-10-23/h6-18H,4-5,19-21H2,1-3H3,(H,30,33)(H2,31,32,34). The van der Waals surface area contributed by atoms with E-state index in [2.05, 4.69) is 22.9 Å². The monoisotopic (exact) mass is 489 g/mol. The Hall–Kier alpha value is -4.00. The third-order valence-corrected chi connectivity index (χ3v) is 5.46. The second-order valence-electron chi connectivity index (χ2n) is 8.93. The Morgan fingerprint density at radius 3 is 2.06 bits per heavy atom. The van der Waals surface area contributed by atoms with Crippen LogP contribution in [0.4, 0.5) is 16.2 Å². The second-order valence-corrected chi connectivity index (χ2v) is 8.93. The molecule has 3 aromatic carbocycles. The van der Waals surface area contributed by atoms with Crippen molar-refractivity contribution in [3.05, 3.63) is 84.4 Å². The minimum atomic E-state index is -0.943. The Labute approximate surface area is 213 Å². The molecule has 0 aromatic heterocycles. The highest BCUT2D eigenvalue weighted by Gasteiger charge is 2.29. The van der Waals surface area contributed by atoms with Crippen LogP contribution in [0.5, 0.6) is 11.5 Å². The van der Waals surface area contributed by atoms with Gasteiger partial charge in [-0.3, -0.25) is 4.79 Å². The molecule has 3 N–H and O–H groups in total. The highest BCUT2D eigenvalue weighted by Crippen LogP contribution is 2.20. The quantitative estimate of drug-likeness (QED) is 0.271. The van der Waals surface area contributed by atoms with E-state index < -0.39 is 5.60 Å². The van der Waals surface area contributed by atoms with Crippen LogP contribution < -0.4 is 25.4 Å². The van der Waals surface area contributed by atoms with E-state index >= 15 is 0 Å². The largest absolute Gasteiger partial charge is 0.493 e. The lowest BCUT2D eigenvalue weighted by atomic mass is 10.1. The molecule has 0 atom stereocenters. The van der Waals surface area contributed by atoms with Crippen molar-refractivity contribution in [2.75, 3.05) is 23.8 Å². The SMILES string of the molecule is CCCCNC(=O)C(C)(C)Oc1ccc(CCOc2ccc(NC(=O)Nc3ccccc3)cc2)cc1. The number of carbonyl (C=O) groups excluding carboxylic acids is 2. The molecule has 0 saturated carbocycles. The lowest BCUT2D eigenvalue weighted by Crippen LogP contribution is -2.46. The summed E-state index contributed by atoms with van der Waals surface area (Å²) in [7, 11) is 0. The fraction of sp³-hybridized carbons (Fsp3) is 0.310. The predicted octanol–water partition coefficient (Wildman–Crippen LogP) is 6.03. The van der Waals surface area contributed by atoms with E-state index in [0.717, 1.165) is 36.3 Å². The molecule has 0 bridgehead atoms. The van der Waals surface area contributed by atoms with Crippen molar-refractivity contribution in [2.45, 2.75) is 45.6 Å². The molecule has 0 spiro atoms. The van der Waals surface area contributed by atoms with Crippen LogP contribution in [0.25, 0.3) is 0 Å². The Kier molecular flexibility index (Phi) is 9.74. The van der Waals surface area contributed by atoms with Crippen molar-refractivity contribution in [1.29, 1.82) is 0 Å². The molecule has 0 aliphatic heterocycles. The molecular weight excluding hydrogens is 454 g/mol. The molecule has 7 heteroatoms. The molecule has 190 valence electrons. The van der Waals surface area contributed by atoms with Gasteiger partial charge in [-0.25, -0.2) is 4.79 Å². The first-order valence-corrected chi connectivity index (χ1v) is 12.3. The van der Waals surface area contributed by atoms with Crippen molar-refractivity contribution in [1.82, 2.24) is 5.32 Å². The van der Waals surface area contributed by atoms with Crippen LogP contribution in [0.1, 0.15) is 39.2 Å². The fourth-order valence-electron chi connectivity index (χ4n) is 3.39. The minimum absolute atomic E-state index is 0.119. The third kappa shape index (κ3) is 8.65. The summed E-state index contributed by atoms with van der Waals surface area (Å²) in [4.78, 5) is 24.5. The molecule has 0 saturated heterocycles. The van der Waals surface area contributed by atoms with Crippen molar-refractivity contribution >= 4 is 23.3 Å². The lowest BCUT2D eigenvalue weighted by Gasteiger charge is -2.25. The van der Waals surface area contributed by atoms with Crippen molar-refractivity contribution < 1.29 is 19.1 Å². The number of anilines is 2. The van der Waals surface area contributed by atoms with Gasteiger partial charge >= 0.3 is 6.03 Å². The first-order chi connectivity index (χ1) is 17.4. The van der Waals surface area contributed by atoms with E-state index in [1.807, 2.05) is 66.7 Å². The summed E-state index contributed by atoms with van der Waals surface area (Å²) < 4.78 is 11.8. The molecule has 0 unspecified atom stereocenters. The van der Waals surface area contributed by atoms with Crippen LogP contribution in [-0.4, -0.2) is 30.7 Å². The van der Waals surface area contributed by atoms with E-state index in [1.165, 1.54) is 0 Å². The number of unbranched alkanes of at least 4 members (excludes halogenated alkanes) is 1. The van der Waals surface area contributed by atoms with Crippen LogP contribution in [-0.2, 0) is 11.2 Å². The Bertz CT molecular complexity index is 1100. The summed E-state index contributed by atoms with van der Waals surface area (Å²) in [5, 5.41) is 8.49. The predicted molar refractivity (Wildman–Crippen MR) is 144 cm³/mol. The van der Waals surface area contributed by atoms with E-state index in [4.69, 9.17) is 9.47 Å². The maximum Gasteiger partial charge on any atom is 0.323 e. The highest BCUT2D eigenvalue weighted by molar-refractivity contribution is 5.99. The summed E-state index contributed by atoms with van der Waals surface area (Å²) in [5.74, 6) is 1.25. The van der Waals surface area contributed by atoms with Crippen LogP contribution in [0.2, 0.25) is 0 Å². The molecular formula is C29H35N3O4. The van der Waals surface area contributed by atoms with Gasteiger partial charge in [0.05, 0.1) is 6.61 Å². The molecule has 0 radical (unpaired) electrons. The smallest absolute Gasteiger partial charge is 0.323 e. The number of nitrogens with one attached hydrogen (secondary N) is 3. The summed E-state index contributed by atoms with van der Waals surface area (Å²) >= 11 is 0. The van der Waals surface area contributed by atoms with Crippen molar-refractivity contribution in [3.8, 4) is 11.5 Å². The maximum atomic E-state index is 12.4. The average molecular weight is 490 g/mol. The number of hydrogen-bond donors (Lipinski definition) is 3. The zero-order valence-corrected chi connectivity index (χ0v) is 21.2. The Morgan fingerprint density at radius 1 is 0.806 bits per heavy atom. The number of para-hydroxylation sites is 1. The number of rotatable bonds is 12. The number of carbonyl (C=O) groups is 2. The molecule has 3 amide bonds. The second kappa shape index (κ2) is 13.2. The first-order valence-electron chi connectivity index (χ1n) is 12.3. The number of benzene rings is 3. The van der Waals surface area contributed by atoms with Gasteiger partial charge in [0.25, 0.3) is 5.91 Å². The molecule has 0 fully saturated rings. The van der Waals surface area contributed by atoms with Crippen molar-refractivity contribution in [3.63, 3.8) is 0 Å². The number of amides is 3. The van der Waals surface area contributed by atoms with E-state index in [0.29, 0.717) is 24.6 Å². The molecule has 0 heterocycles. The van der Waals surface area contributed by atoms with Crippen LogP contribution in [0.15, 0.2) is 78.9 Å². The van der Waals surface area contributed by atoms with Gasteiger partial charge < -0.3 is 25.4 Å². The summed E-state index contributed by atoms with van der Waals surface area (Å²) in [6.45, 7) is 6.79. The van der Waals surface area contributed by atoms with Crippen LogP contribution in [0, 0.1) is 0 Å². The highest BCUT2D eigenvalue weighted by atomic mass is 16.5. The molecule has 36 heavy (non-hydrogen) atoms. The minimum Gasteiger partial charge on any atom is -0.493 e. The lowest BCUT2D eigenvalue weighted by molar-refractivity contribution is -0.134. The normalized spacial score (nSPS) is 10.9. The molecule has 0 aliphatic rings. The topological polar surface area (TPSA) is 88.7 Å². The maximum absolute atomic E-state index is 12.4. The number of urea groups is 1. The van der Waals surface area contributed by atoms with Gasteiger partial charge in [0.1, 0.15) is 11.5 Å². The van der Waals surface area contributed by atoms with Gasteiger partial charge in [0.15, 0.2) is 5.60 Å². The number of ether oxygens (including phenoxy) is 2. The van der Waals surface area contributed by atoms with E-state index in [9.17, 15) is 9.59 Å². The van der Waals surface area contributed by atoms with Crippen molar-refractivity contribution in [2.24, 2.45) is 0 Å². The van der Waals surface area contributed by atoms with Gasteiger partial charge in [0.2, 0.25) is 0 Å². The van der Waals surface area contributed by atoms with Gasteiger partial charge in [0, 0.05) is 24.3 Å². The van der Waals surface area contributed by atoms with Crippen LogP contribution >= 0.6 is 0 Å². The Balaban J connectivity index is 1.41. The van der Waals surface area contributed by atoms with E-state index in [-0.39, 0.29) is 11.9 Å². The van der Waals surface area contributed by atoms with Crippen LogP contribution in [0.3, 0.4) is 0 Å². The van der Waals surface area contributed by atoms with Gasteiger partial charge in [-0.05, 0) is 74.4 Å². The molecule has 3 rings (SSSR count). The van der Waals surface area contributed by atoms with Gasteiger partial charge in [-0.1, -0.05) is 43.7 Å². The summed E-state index contributed by atoms with van der Waals surface area (Å²) in [6, 6.07) is 23.9.